The molecule has 0 radical (unpaired) electrons. The van der Waals surface area contributed by atoms with Crippen LogP contribution in [0.25, 0.3) is 0 Å². The zero-order valence-corrected chi connectivity index (χ0v) is 14.5. The molecule has 1 aromatic heterocycles. The number of rotatable bonds is 6. The molecule has 1 amide bonds. The van der Waals surface area contributed by atoms with Crippen molar-refractivity contribution in [3.8, 4) is 0 Å². The van der Waals surface area contributed by atoms with Crippen molar-refractivity contribution in [1.82, 2.24) is 14.7 Å². The van der Waals surface area contributed by atoms with E-state index in [2.05, 4.69) is 5.10 Å². The number of aryl methyl sites for hydroxylation is 2. The topological polar surface area (TPSA) is 75.4 Å². The molecule has 1 atom stereocenters. The van der Waals surface area contributed by atoms with Gasteiger partial charge in [0.1, 0.15) is 0 Å². The lowest BCUT2D eigenvalue weighted by Crippen LogP contribution is -2.33. The fourth-order valence-electron chi connectivity index (χ4n) is 2.55. The van der Waals surface area contributed by atoms with Gasteiger partial charge in [0.2, 0.25) is 0 Å². The predicted octanol–water partition coefficient (Wildman–Crippen LogP) is 2.34. The van der Waals surface area contributed by atoms with E-state index in [4.69, 9.17) is 5.11 Å². The highest BCUT2D eigenvalue weighted by molar-refractivity contribution is 5.94. The highest BCUT2D eigenvalue weighted by Gasteiger charge is 2.18. The Bertz CT molecular complexity index is 734. The summed E-state index contributed by atoms with van der Waals surface area (Å²) < 4.78 is 1.92. The molecule has 0 aliphatic carbocycles. The van der Waals surface area contributed by atoms with Crippen LogP contribution in [0.3, 0.4) is 0 Å². The molecule has 1 heterocycles. The Morgan fingerprint density at radius 2 is 1.88 bits per heavy atom. The van der Waals surface area contributed by atoms with Crippen LogP contribution < -0.4 is 0 Å². The second-order valence-corrected chi connectivity index (χ2v) is 6.21. The largest absolute Gasteiger partial charge is 0.481 e. The van der Waals surface area contributed by atoms with Gasteiger partial charge in [0, 0.05) is 24.8 Å². The van der Waals surface area contributed by atoms with Crippen molar-refractivity contribution in [2.24, 2.45) is 5.92 Å². The Hall–Kier alpha value is -2.63. The first-order valence-electron chi connectivity index (χ1n) is 7.86. The zero-order chi connectivity index (χ0) is 17.9. The molecular formula is C18H23N3O3. The van der Waals surface area contributed by atoms with Crippen molar-refractivity contribution in [1.29, 1.82) is 0 Å². The third-order valence-electron chi connectivity index (χ3n) is 3.95. The quantitative estimate of drug-likeness (QED) is 0.882. The summed E-state index contributed by atoms with van der Waals surface area (Å²) in [7, 11) is 1.62. The Morgan fingerprint density at radius 3 is 2.38 bits per heavy atom. The molecule has 6 nitrogen and oxygen atoms in total. The molecule has 2 aromatic rings. The third-order valence-corrected chi connectivity index (χ3v) is 3.95. The Kier molecular flexibility index (Phi) is 5.39. The molecule has 1 N–H and O–H groups in total. The molecule has 0 aliphatic rings. The van der Waals surface area contributed by atoms with Gasteiger partial charge in [-0.15, -0.1) is 0 Å². The number of carboxylic acids is 1. The molecule has 128 valence electrons. The molecule has 0 fully saturated rings. The fraction of sp³-hybridized carbons (Fsp3) is 0.389. The SMILES string of the molecule is Cc1cc(C)n(Cc2ccc(C(=O)N(C)CC(C)C(=O)O)cc2)n1. The molecule has 6 heteroatoms. The molecule has 24 heavy (non-hydrogen) atoms. The smallest absolute Gasteiger partial charge is 0.308 e. The lowest BCUT2D eigenvalue weighted by atomic mass is 10.1. The average Bonchev–Trinajstić information content (AvgIpc) is 2.84. The van der Waals surface area contributed by atoms with Crippen LogP contribution in [0.2, 0.25) is 0 Å². The van der Waals surface area contributed by atoms with Crippen LogP contribution >= 0.6 is 0 Å². The number of nitrogens with zero attached hydrogens (tertiary/aromatic N) is 3. The van der Waals surface area contributed by atoms with Crippen LogP contribution in [0.5, 0.6) is 0 Å². The minimum Gasteiger partial charge on any atom is -0.481 e. The van der Waals surface area contributed by atoms with Crippen molar-refractivity contribution < 1.29 is 14.7 Å². The number of aromatic nitrogens is 2. The summed E-state index contributed by atoms with van der Waals surface area (Å²) in [4.78, 5) is 24.7. The highest BCUT2D eigenvalue weighted by atomic mass is 16.4. The fourth-order valence-corrected chi connectivity index (χ4v) is 2.55. The van der Waals surface area contributed by atoms with Gasteiger partial charge < -0.3 is 10.0 Å². The molecule has 2 rings (SSSR count). The van der Waals surface area contributed by atoms with E-state index in [9.17, 15) is 9.59 Å². The van der Waals surface area contributed by atoms with E-state index >= 15 is 0 Å². The zero-order valence-electron chi connectivity index (χ0n) is 14.5. The van der Waals surface area contributed by atoms with Gasteiger partial charge in [-0.05, 0) is 37.6 Å². The summed E-state index contributed by atoms with van der Waals surface area (Å²) in [6, 6.07) is 9.36. The number of carbonyl (C=O) groups is 2. The Balaban J connectivity index is 2.04. The summed E-state index contributed by atoms with van der Waals surface area (Å²) in [5.41, 5.74) is 3.68. The maximum absolute atomic E-state index is 12.3. The summed E-state index contributed by atoms with van der Waals surface area (Å²) in [6.45, 7) is 6.39. The van der Waals surface area contributed by atoms with Gasteiger partial charge in [-0.3, -0.25) is 14.3 Å². The van der Waals surface area contributed by atoms with Gasteiger partial charge in [-0.1, -0.05) is 19.1 Å². The molecule has 0 spiro atoms. The number of hydrogen-bond donors (Lipinski definition) is 1. The van der Waals surface area contributed by atoms with Crippen molar-refractivity contribution >= 4 is 11.9 Å². The van der Waals surface area contributed by atoms with E-state index in [1.54, 1.807) is 26.1 Å². The lowest BCUT2D eigenvalue weighted by molar-refractivity contribution is -0.141. The second kappa shape index (κ2) is 7.29. The molecule has 0 bridgehead atoms. The highest BCUT2D eigenvalue weighted by Crippen LogP contribution is 2.11. The van der Waals surface area contributed by atoms with E-state index in [0.717, 1.165) is 17.0 Å². The van der Waals surface area contributed by atoms with Gasteiger partial charge in [0.15, 0.2) is 0 Å². The number of benzene rings is 1. The van der Waals surface area contributed by atoms with Crippen LogP contribution in [0, 0.1) is 19.8 Å². The number of carboxylic acid groups (broad SMARTS) is 1. The number of hydrogen-bond acceptors (Lipinski definition) is 3. The van der Waals surface area contributed by atoms with Crippen molar-refractivity contribution in [2.75, 3.05) is 13.6 Å². The van der Waals surface area contributed by atoms with E-state index < -0.39 is 11.9 Å². The van der Waals surface area contributed by atoms with Crippen LogP contribution in [0.4, 0.5) is 0 Å². The summed E-state index contributed by atoms with van der Waals surface area (Å²) >= 11 is 0. The standard InChI is InChI=1S/C18H23N3O3/c1-12(18(23)24)10-20(4)17(22)16-7-5-15(6-8-16)11-21-14(3)9-13(2)19-21/h5-9,12H,10-11H2,1-4H3,(H,23,24). The van der Waals surface area contributed by atoms with Crippen LogP contribution in [0.15, 0.2) is 30.3 Å². The van der Waals surface area contributed by atoms with E-state index in [0.29, 0.717) is 12.1 Å². The molecule has 0 saturated heterocycles. The van der Waals surface area contributed by atoms with E-state index in [-0.39, 0.29) is 12.5 Å². The Labute approximate surface area is 141 Å². The normalized spacial score (nSPS) is 12.0. The van der Waals surface area contributed by atoms with Gasteiger partial charge in [-0.2, -0.15) is 5.10 Å². The van der Waals surface area contributed by atoms with Crippen LogP contribution in [0.1, 0.15) is 34.2 Å². The maximum Gasteiger partial charge on any atom is 0.308 e. The van der Waals surface area contributed by atoms with Gasteiger partial charge in [0.05, 0.1) is 18.2 Å². The van der Waals surface area contributed by atoms with Crippen molar-refractivity contribution in [3.05, 3.63) is 52.8 Å². The summed E-state index contributed by atoms with van der Waals surface area (Å²) in [5, 5.41) is 13.4. The van der Waals surface area contributed by atoms with Crippen molar-refractivity contribution in [3.63, 3.8) is 0 Å². The first-order chi connectivity index (χ1) is 11.3. The summed E-state index contributed by atoms with van der Waals surface area (Å²) in [6.07, 6.45) is 0. The number of aliphatic carboxylic acids is 1. The second-order valence-electron chi connectivity index (χ2n) is 6.21. The number of carbonyl (C=O) groups excluding carboxylic acids is 1. The third kappa shape index (κ3) is 4.22. The predicted molar refractivity (Wildman–Crippen MR) is 91.0 cm³/mol. The first-order valence-corrected chi connectivity index (χ1v) is 7.86. The van der Waals surface area contributed by atoms with E-state index in [1.807, 2.05) is 36.7 Å². The Morgan fingerprint density at radius 1 is 1.25 bits per heavy atom. The monoisotopic (exact) mass is 329 g/mol. The minimum atomic E-state index is -0.908. The minimum absolute atomic E-state index is 0.180. The average molecular weight is 329 g/mol. The lowest BCUT2D eigenvalue weighted by Gasteiger charge is -2.19. The van der Waals surface area contributed by atoms with Crippen LogP contribution in [-0.4, -0.2) is 45.3 Å². The molecule has 0 aliphatic heterocycles. The van der Waals surface area contributed by atoms with Gasteiger partial charge >= 0.3 is 5.97 Å². The summed E-state index contributed by atoms with van der Waals surface area (Å²) in [5.74, 6) is -1.68. The van der Waals surface area contributed by atoms with Crippen LogP contribution in [-0.2, 0) is 11.3 Å². The molecule has 1 unspecified atom stereocenters. The number of amides is 1. The van der Waals surface area contributed by atoms with E-state index in [1.165, 1.54) is 4.90 Å². The molecule has 1 aromatic carbocycles. The molecule has 0 saturated carbocycles. The van der Waals surface area contributed by atoms with Crippen molar-refractivity contribution in [2.45, 2.75) is 27.3 Å². The van der Waals surface area contributed by atoms with Gasteiger partial charge in [0.25, 0.3) is 5.91 Å². The molecular weight excluding hydrogens is 306 g/mol. The maximum atomic E-state index is 12.3. The van der Waals surface area contributed by atoms with Gasteiger partial charge in [-0.25, -0.2) is 0 Å². The first kappa shape index (κ1) is 17.7.